The normalized spacial score (nSPS) is 14.4. The van der Waals surface area contributed by atoms with Crippen LogP contribution in [0.25, 0.3) is 0 Å². The molecule has 3 rings (SSSR count). The smallest absolute Gasteiger partial charge is 0.272 e. The molecule has 4 nitrogen and oxygen atoms in total. The van der Waals surface area contributed by atoms with Crippen LogP contribution in [0, 0.1) is 0 Å². The second kappa shape index (κ2) is 4.90. The molecule has 0 aliphatic heterocycles. The second-order valence-corrected chi connectivity index (χ2v) is 4.89. The van der Waals surface area contributed by atoms with E-state index in [0.717, 1.165) is 29.8 Å². The highest BCUT2D eigenvalue weighted by Crippen LogP contribution is 2.36. The zero-order chi connectivity index (χ0) is 13.2. The van der Waals surface area contributed by atoms with E-state index >= 15 is 0 Å². The Morgan fingerprint density at radius 3 is 2.89 bits per heavy atom. The lowest BCUT2D eigenvalue weighted by Gasteiger charge is -2.09. The summed E-state index contributed by atoms with van der Waals surface area (Å²) < 4.78 is 2.06. The number of rotatable bonds is 4. The lowest BCUT2D eigenvalue weighted by Crippen LogP contribution is -2.16. The van der Waals surface area contributed by atoms with Crippen molar-refractivity contribution >= 4 is 11.6 Å². The minimum Gasteiger partial charge on any atom is -0.340 e. The van der Waals surface area contributed by atoms with E-state index in [1.54, 1.807) is 0 Å². The van der Waals surface area contributed by atoms with Crippen molar-refractivity contribution in [3.8, 4) is 0 Å². The lowest BCUT2D eigenvalue weighted by molar-refractivity contribution is 0.101. The molecule has 1 aromatic heterocycles. The number of nitrogens with two attached hydrogens (primary N) is 1. The third-order valence-corrected chi connectivity index (χ3v) is 3.37. The molecule has 1 aliphatic carbocycles. The summed E-state index contributed by atoms with van der Waals surface area (Å²) in [7, 11) is 0. The van der Waals surface area contributed by atoms with Gasteiger partial charge in [0, 0.05) is 24.5 Å². The summed E-state index contributed by atoms with van der Waals surface area (Å²) in [6.07, 6.45) is 4.30. The van der Waals surface area contributed by atoms with Crippen LogP contribution in [0.3, 0.4) is 0 Å². The topological polar surface area (TPSA) is 60.0 Å². The highest BCUT2D eigenvalue weighted by Gasteiger charge is 2.26. The van der Waals surface area contributed by atoms with Gasteiger partial charge < -0.3 is 15.6 Å². The molecular formula is C15H17N3O. The molecule has 1 fully saturated rings. The molecule has 1 amide bonds. The number of amides is 1. The number of nitrogens with zero attached hydrogens (tertiary/aromatic N) is 1. The van der Waals surface area contributed by atoms with Gasteiger partial charge in [0.05, 0.1) is 0 Å². The Morgan fingerprint density at radius 1 is 1.32 bits per heavy atom. The van der Waals surface area contributed by atoms with Crippen LogP contribution in [0.15, 0.2) is 42.6 Å². The Morgan fingerprint density at radius 2 is 2.16 bits per heavy atom. The average molecular weight is 255 g/mol. The first kappa shape index (κ1) is 12.0. The van der Waals surface area contributed by atoms with Gasteiger partial charge in [0.15, 0.2) is 0 Å². The van der Waals surface area contributed by atoms with Crippen molar-refractivity contribution in [1.29, 1.82) is 0 Å². The molecule has 1 heterocycles. The maximum Gasteiger partial charge on any atom is 0.272 e. The molecule has 1 aromatic carbocycles. The van der Waals surface area contributed by atoms with Crippen molar-refractivity contribution < 1.29 is 4.79 Å². The molecule has 1 aliphatic rings. The number of carbonyl (C=O) groups is 1. The minimum atomic E-state index is -0.0638. The zero-order valence-electron chi connectivity index (χ0n) is 10.7. The van der Waals surface area contributed by atoms with Crippen molar-refractivity contribution in [1.82, 2.24) is 4.57 Å². The van der Waals surface area contributed by atoms with E-state index in [1.807, 2.05) is 42.6 Å². The summed E-state index contributed by atoms with van der Waals surface area (Å²) in [4.78, 5) is 12.3. The van der Waals surface area contributed by atoms with Crippen LogP contribution >= 0.6 is 0 Å². The lowest BCUT2D eigenvalue weighted by atomic mass is 10.2. The van der Waals surface area contributed by atoms with Gasteiger partial charge in [-0.3, -0.25) is 4.79 Å². The van der Waals surface area contributed by atoms with Crippen LogP contribution in [-0.4, -0.2) is 10.5 Å². The van der Waals surface area contributed by atoms with Gasteiger partial charge in [0.25, 0.3) is 5.91 Å². The highest BCUT2D eigenvalue weighted by atomic mass is 16.1. The second-order valence-electron chi connectivity index (χ2n) is 4.89. The minimum absolute atomic E-state index is 0.0638. The summed E-state index contributed by atoms with van der Waals surface area (Å²) in [6, 6.07) is 11.9. The summed E-state index contributed by atoms with van der Waals surface area (Å²) in [6.45, 7) is 0.474. The highest BCUT2D eigenvalue weighted by molar-refractivity contribution is 6.03. The van der Waals surface area contributed by atoms with Gasteiger partial charge in [0.2, 0.25) is 0 Å². The van der Waals surface area contributed by atoms with Gasteiger partial charge >= 0.3 is 0 Å². The fourth-order valence-electron chi connectivity index (χ4n) is 2.23. The first-order valence-corrected chi connectivity index (χ1v) is 6.55. The first-order chi connectivity index (χ1) is 9.28. The first-order valence-electron chi connectivity index (χ1n) is 6.55. The van der Waals surface area contributed by atoms with Crippen LogP contribution in [0.5, 0.6) is 0 Å². The van der Waals surface area contributed by atoms with Gasteiger partial charge in [-0.25, -0.2) is 0 Å². The average Bonchev–Trinajstić information content (AvgIpc) is 3.16. The quantitative estimate of drug-likeness (QED) is 0.882. The van der Waals surface area contributed by atoms with Gasteiger partial charge in [-0.15, -0.1) is 0 Å². The predicted molar refractivity (Wildman–Crippen MR) is 75.0 cm³/mol. The fraction of sp³-hybridized carbons (Fsp3) is 0.267. The molecule has 19 heavy (non-hydrogen) atoms. The predicted octanol–water partition coefficient (Wildman–Crippen LogP) is 2.53. The van der Waals surface area contributed by atoms with E-state index in [9.17, 15) is 4.79 Å². The number of carbonyl (C=O) groups excluding carboxylic acids is 1. The Balaban J connectivity index is 1.78. The standard InChI is InChI=1S/C15H17N3O/c16-10-11-3-1-4-12(9-11)17-15(19)14-5-2-8-18(14)13-6-7-13/h1-5,8-9,13H,6-7,10,16H2,(H,17,19). The van der Waals surface area contributed by atoms with E-state index in [2.05, 4.69) is 9.88 Å². The van der Waals surface area contributed by atoms with Crippen molar-refractivity contribution in [2.24, 2.45) is 5.73 Å². The molecule has 2 aromatic rings. The summed E-state index contributed by atoms with van der Waals surface area (Å²) in [5.74, 6) is -0.0638. The summed E-state index contributed by atoms with van der Waals surface area (Å²) >= 11 is 0. The number of anilines is 1. The summed E-state index contributed by atoms with van der Waals surface area (Å²) in [5.41, 5.74) is 8.12. The third kappa shape index (κ3) is 2.53. The Labute approximate surface area is 112 Å². The van der Waals surface area contributed by atoms with Crippen LogP contribution < -0.4 is 11.1 Å². The molecule has 0 atom stereocenters. The largest absolute Gasteiger partial charge is 0.340 e. The molecule has 1 saturated carbocycles. The molecule has 0 radical (unpaired) electrons. The molecule has 3 N–H and O–H groups in total. The summed E-state index contributed by atoms with van der Waals surface area (Å²) in [5, 5.41) is 2.93. The van der Waals surface area contributed by atoms with E-state index in [0.29, 0.717) is 12.6 Å². The van der Waals surface area contributed by atoms with Crippen molar-refractivity contribution in [2.45, 2.75) is 25.4 Å². The van der Waals surface area contributed by atoms with Gasteiger partial charge in [0.1, 0.15) is 5.69 Å². The number of hydrogen-bond donors (Lipinski definition) is 2. The third-order valence-electron chi connectivity index (χ3n) is 3.37. The van der Waals surface area contributed by atoms with Gasteiger partial charge in [-0.1, -0.05) is 12.1 Å². The molecule has 4 heteroatoms. The zero-order valence-corrected chi connectivity index (χ0v) is 10.7. The Bertz CT molecular complexity index is 599. The van der Waals surface area contributed by atoms with Crippen molar-refractivity contribution in [2.75, 3.05) is 5.32 Å². The van der Waals surface area contributed by atoms with E-state index < -0.39 is 0 Å². The van der Waals surface area contributed by atoms with Gasteiger partial charge in [-0.05, 0) is 42.7 Å². The van der Waals surface area contributed by atoms with Crippen LogP contribution in [0.2, 0.25) is 0 Å². The maximum atomic E-state index is 12.3. The van der Waals surface area contributed by atoms with Crippen LogP contribution in [0.1, 0.15) is 34.9 Å². The number of hydrogen-bond acceptors (Lipinski definition) is 2. The number of benzene rings is 1. The van der Waals surface area contributed by atoms with Crippen LogP contribution in [0.4, 0.5) is 5.69 Å². The fourth-order valence-corrected chi connectivity index (χ4v) is 2.23. The Hall–Kier alpha value is -2.07. The molecule has 0 saturated heterocycles. The molecule has 0 spiro atoms. The SMILES string of the molecule is NCc1cccc(NC(=O)c2cccn2C2CC2)c1. The number of aromatic nitrogens is 1. The molecular weight excluding hydrogens is 238 g/mol. The van der Waals surface area contributed by atoms with Crippen molar-refractivity contribution in [3.05, 3.63) is 53.9 Å². The molecule has 0 bridgehead atoms. The Kier molecular flexibility index (Phi) is 3.09. The molecule has 0 unspecified atom stereocenters. The van der Waals surface area contributed by atoms with Gasteiger partial charge in [-0.2, -0.15) is 0 Å². The monoisotopic (exact) mass is 255 g/mol. The number of nitrogens with one attached hydrogen (secondary N) is 1. The van der Waals surface area contributed by atoms with Crippen molar-refractivity contribution in [3.63, 3.8) is 0 Å². The molecule has 98 valence electrons. The van der Waals surface area contributed by atoms with E-state index in [1.165, 1.54) is 0 Å². The van der Waals surface area contributed by atoms with Crippen LogP contribution in [-0.2, 0) is 6.54 Å². The maximum absolute atomic E-state index is 12.3. The van der Waals surface area contributed by atoms with E-state index in [4.69, 9.17) is 5.73 Å². The van der Waals surface area contributed by atoms with E-state index in [-0.39, 0.29) is 5.91 Å².